The van der Waals surface area contributed by atoms with Crippen LogP contribution in [0.2, 0.25) is 0 Å². The molecule has 0 unspecified atom stereocenters. The molecule has 8 amide bonds. The smallest absolute Gasteiger partial charge is 0.326 e. The van der Waals surface area contributed by atoms with Gasteiger partial charge in [0.25, 0.3) is 0 Å². The number of aliphatic hydroxyl groups is 1. The van der Waals surface area contributed by atoms with Crippen LogP contribution in [0.3, 0.4) is 0 Å². The van der Waals surface area contributed by atoms with Gasteiger partial charge in [-0.05, 0) is 42.5 Å². The number of nitrogens with two attached hydrogens (primary N) is 3. The number of amides is 8. The maximum atomic E-state index is 14.2. The van der Waals surface area contributed by atoms with E-state index in [0.717, 1.165) is 4.90 Å². The van der Waals surface area contributed by atoms with Gasteiger partial charge >= 0.3 is 12.0 Å². The molecular formula is C37H51N9O11S. The van der Waals surface area contributed by atoms with Crippen LogP contribution in [0.15, 0.2) is 54.6 Å². The number of phenols is 1. The summed E-state index contributed by atoms with van der Waals surface area (Å²) in [5, 5.41) is 42.5. The molecule has 0 bridgehead atoms. The normalized spacial score (nSPS) is 17.4. The van der Waals surface area contributed by atoms with E-state index in [1.165, 1.54) is 24.3 Å². The molecule has 20 nitrogen and oxygen atoms in total. The first-order chi connectivity index (χ1) is 27.5. The second-order valence-electron chi connectivity index (χ2n) is 13.8. The summed E-state index contributed by atoms with van der Waals surface area (Å²) in [7, 11) is 0. The zero-order valence-corrected chi connectivity index (χ0v) is 32.4. The summed E-state index contributed by atoms with van der Waals surface area (Å²) in [4.78, 5) is 104. The number of aromatic hydroxyl groups is 1. The lowest BCUT2D eigenvalue weighted by atomic mass is 10.0. The van der Waals surface area contributed by atoms with Crippen molar-refractivity contribution in [2.45, 2.75) is 87.3 Å². The number of rotatable bonds is 22. The van der Waals surface area contributed by atoms with Gasteiger partial charge in [0.2, 0.25) is 35.4 Å². The van der Waals surface area contributed by atoms with Crippen molar-refractivity contribution in [1.29, 1.82) is 0 Å². The van der Waals surface area contributed by atoms with Crippen molar-refractivity contribution in [1.82, 2.24) is 31.5 Å². The van der Waals surface area contributed by atoms with Crippen LogP contribution in [0.5, 0.6) is 5.75 Å². The molecule has 1 aliphatic rings. The van der Waals surface area contributed by atoms with Gasteiger partial charge in [-0.2, -0.15) is 12.6 Å². The number of carboxylic acid groups (broad SMARTS) is 1. The molecule has 1 heterocycles. The number of carboxylic acids is 1. The Kier molecular flexibility index (Phi) is 18.2. The van der Waals surface area contributed by atoms with Gasteiger partial charge < -0.3 is 64.0 Å². The van der Waals surface area contributed by atoms with Crippen molar-refractivity contribution in [3.63, 3.8) is 0 Å². The number of nitrogens with zero attached hydrogens (tertiary/aromatic N) is 1. The molecule has 0 aromatic heterocycles. The van der Waals surface area contributed by atoms with E-state index >= 15 is 0 Å². The van der Waals surface area contributed by atoms with Crippen LogP contribution in [0.1, 0.15) is 43.2 Å². The van der Waals surface area contributed by atoms with Crippen molar-refractivity contribution < 1.29 is 53.7 Å². The summed E-state index contributed by atoms with van der Waals surface area (Å²) >= 11 is 4.01. The Hall–Kier alpha value is -5.93. The number of hydrogen-bond donors (Lipinski definition) is 12. The largest absolute Gasteiger partial charge is 0.508 e. The van der Waals surface area contributed by atoms with Crippen LogP contribution in [0, 0.1) is 0 Å². The fourth-order valence-corrected chi connectivity index (χ4v) is 6.30. The third-order valence-electron chi connectivity index (χ3n) is 9.20. The van der Waals surface area contributed by atoms with Gasteiger partial charge in [-0.1, -0.05) is 42.5 Å². The Morgan fingerprint density at radius 1 is 0.759 bits per heavy atom. The highest BCUT2D eigenvalue weighted by Gasteiger charge is 2.42. The first-order valence-corrected chi connectivity index (χ1v) is 19.0. The molecule has 2 aromatic rings. The number of nitrogens with one attached hydrogen (secondary N) is 5. The highest BCUT2D eigenvalue weighted by atomic mass is 32.1. The average Bonchev–Trinajstić information content (AvgIpc) is 3.59. The van der Waals surface area contributed by atoms with Gasteiger partial charge in [-0.25, -0.2) is 9.59 Å². The van der Waals surface area contributed by atoms with E-state index in [4.69, 9.17) is 17.2 Å². The predicted molar refractivity (Wildman–Crippen MR) is 211 cm³/mol. The molecule has 316 valence electrons. The topological polar surface area (TPSA) is 339 Å². The van der Waals surface area contributed by atoms with Crippen molar-refractivity contribution in [2.24, 2.45) is 17.2 Å². The van der Waals surface area contributed by atoms with Crippen LogP contribution in [0.4, 0.5) is 4.79 Å². The Morgan fingerprint density at radius 3 is 1.88 bits per heavy atom. The van der Waals surface area contributed by atoms with Gasteiger partial charge in [0.05, 0.1) is 12.1 Å². The number of primary amides is 2. The van der Waals surface area contributed by atoms with E-state index in [-0.39, 0.29) is 63.1 Å². The van der Waals surface area contributed by atoms with Gasteiger partial charge in [-0.3, -0.25) is 28.8 Å². The van der Waals surface area contributed by atoms with E-state index in [1.807, 2.05) is 0 Å². The van der Waals surface area contributed by atoms with Crippen LogP contribution < -0.4 is 43.8 Å². The monoisotopic (exact) mass is 829 g/mol. The summed E-state index contributed by atoms with van der Waals surface area (Å²) in [6.07, 6.45) is -2.29. The van der Waals surface area contributed by atoms with Crippen molar-refractivity contribution in [3.8, 4) is 5.75 Å². The first-order valence-electron chi connectivity index (χ1n) is 18.4. The number of aliphatic hydroxyl groups excluding tert-OH is 1. The number of urea groups is 1. The number of phenolic OH excluding ortho intramolecular Hbond substituents is 1. The molecule has 2 aromatic carbocycles. The lowest BCUT2D eigenvalue weighted by Crippen LogP contribution is -2.60. The van der Waals surface area contributed by atoms with Crippen molar-refractivity contribution in [2.75, 3.05) is 18.8 Å². The molecule has 21 heteroatoms. The summed E-state index contributed by atoms with van der Waals surface area (Å²) in [6.45, 7) is -0.258. The zero-order chi connectivity index (χ0) is 42.9. The molecule has 0 radical (unpaired) electrons. The molecule has 58 heavy (non-hydrogen) atoms. The van der Waals surface area contributed by atoms with E-state index in [0.29, 0.717) is 11.1 Å². The molecule has 14 N–H and O–H groups in total. The number of likely N-dealkylation sites (tertiary alicyclic amines) is 1. The molecule has 7 atom stereocenters. The fourth-order valence-electron chi connectivity index (χ4n) is 6.14. The molecule has 1 aliphatic heterocycles. The number of aliphatic carboxylic acids is 1. The zero-order valence-electron chi connectivity index (χ0n) is 31.5. The SMILES string of the molecule is NC(=O)CC[C@H](NC(=O)[C@H](CCCNC(N)=O)NC(=O)[C@@H](N)CS)C(=O)N[C@@H](Cc1ccc(O)cc1)C(=O)N[C@@H](Cc1ccccc1)C(=O)N1C[C@H](O)C[C@H]1C(=O)O. The Balaban J connectivity index is 1.94. The Bertz CT molecular complexity index is 1770. The van der Waals surface area contributed by atoms with Crippen molar-refractivity contribution in [3.05, 3.63) is 65.7 Å². The van der Waals surface area contributed by atoms with E-state index in [1.54, 1.807) is 30.3 Å². The molecular weight excluding hydrogens is 779 g/mol. The molecule has 0 aliphatic carbocycles. The molecule has 0 spiro atoms. The Morgan fingerprint density at radius 2 is 1.29 bits per heavy atom. The number of carbonyl (C=O) groups excluding carboxylic acids is 7. The third-order valence-corrected chi connectivity index (χ3v) is 9.59. The highest BCUT2D eigenvalue weighted by Crippen LogP contribution is 2.21. The second-order valence-corrected chi connectivity index (χ2v) is 14.1. The molecule has 1 fully saturated rings. The summed E-state index contributed by atoms with van der Waals surface area (Å²) in [5.41, 5.74) is 17.3. The minimum Gasteiger partial charge on any atom is -0.508 e. The standard InChI is InChI=1S/C37H51N9O11S/c38-24(19-58)31(50)42-25(7-4-14-41-37(40)57)32(51)43-26(12-13-30(39)49)33(52)44-27(15-21-8-10-22(47)11-9-21)34(53)45-28(16-20-5-2-1-3-6-20)35(54)46-18-23(48)17-29(46)36(55)56/h1-3,5-6,8-11,23-29,47-48,58H,4,7,12-19,38H2,(H2,39,49)(H,42,50)(H,43,51)(H,44,52)(H,45,53)(H,55,56)(H3,40,41,57)/t23-,24+,25+,26+,27+,28+,29+/m1/s1. The van der Waals surface area contributed by atoms with Crippen LogP contribution in [0.25, 0.3) is 0 Å². The average molecular weight is 830 g/mol. The molecule has 1 saturated heterocycles. The number of β-amino-alcohol motifs (C(OH)–C–C–N with tert-alkyl or cyclic N) is 1. The Labute approximate surface area is 339 Å². The van der Waals surface area contributed by atoms with Crippen LogP contribution in [-0.2, 0) is 46.4 Å². The quantitative estimate of drug-likeness (QED) is 0.0421. The minimum absolute atomic E-state index is 0.0380. The number of thiol groups is 1. The van der Waals surface area contributed by atoms with Gasteiger partial charge in [0.1, 0.15) is 36.0 Å². The fraction of sp³-hybridized carbons (Fsp3) is 0.459. The maximum absolute atomic E-state index is 14.2. The molecule has 0 saturated carbocycles. The van der Waals surface area contributed by atoms with Gasteiger partial charge in [0, 0.05) is 44.5 Å². The van der Waals surface area contributed by atoms with Gasteiger partial charge in [0.15, 0.2) is 0 Å². The summed E-state index contributed by atoms with van der Waals surface area (Å²) < 4.78 is 0. The van der Waals surface area contributed by atoms with E-state index in [2.05, 4.69) is 39.2 Å². The van der Waals surface area contributed by atoms with E-state index in [9.17, 15) is 53.7 Å². The summed E-state index contributed by atoms with van der Waals surface area (Å²) in [6, 6.07) is 5.27. The minimum atomic E-state index is -1.51. The second kappa shape index (κ2) is 22.7. The number of carbonyl (C=O) groups is 8. The maximum Gasteiger partial charge on any atom is 0.326 e. The third kappa shape index (κ3) is 14.9. The predicted octanol–water partition coefficient (Wildman–Crippen LogP) is -2.87. The lowest BCUT2D eigenvalue weighted by molar-refractivity contribution is -0.149. The van der Waals surface area contributed by atoms with Crippen LogP contribution in [-0.4, -0.2) is 129 Å². The summed E-state index contributed by atoms with van der Waals surface area (Å²) in [5.74, 6) is -6.56. The highest BCUT2D eigenvalue weighted by molar-refractivity contribution is 7.80. The number of hydrogen-bond acceptors (Lipinski definition) is 12. The van der Waals surface area contributed by atoms with Gasteiger partial charge in [-0.15, -0.1) is 0 Å². The van der Waals surface area contributed by atoms with Crippen LogP contribution >= 0.6 is 12.6 Å². The lowest BCUT2D eigenvalue weighted by Gasteiger charge is -2.29. The van der Waals surface area contributed by atoms with E-state index < -0.39 is 96.2 Å². The van der Waals surface area contributed by atoms with Crippen molar-refractivity contribution >= 4 is 60.1 Å². The molecule has 3 rings (SSSR count). The number of benzene rings is 2. The first kappa shape index (κ1) is 46.5.